The number of benzene rings is 1. The fourth-order valence-corrected chi connectivity index (χ4v) is 2.52. The van der Waals surface area contributed by atoms with Gasteiger partial charge in [-0.15, -0.1) is 0 Å². The van der Waals surface area contributed by atoms with Crippen LogP contribution in [0.4, 0.5) is 4.39 Å². The molecule has 1 atom stereocenters. The molecule has 1 unspecified atom stereocenters. The molecule has 2 aromatic rings. The molecule has 0 aliphatic rings. The van der Waals surface area contributed by atoms with Crippen LogP contribution < -0.4 is 11.3 Å². The number of nitrogens with two attached hydrogens (primary N) is 1. The summed E-state index contributed by atoms with van der Waals surface area (Å²) in [6.45, 7) is 7.68. The van der Waals surface area contributed by atoms with E-state index in [0.717, 1.165) is 17.7 Å². The number of halogens is 1. The highest BCUT2D eigenvalue weighted by molar-refractivity contribution is 5.60. The standard InChI is InChI=1S/C18H23FN2O/c1-5-12(2)21-16(13-6-8-14(19)9-7-13)11-10-15(17(21)22)18(3,4)20/h6-12H,5,20H2,1-4H3. The normalized spacial score (nSPS) is 13.2. The van der Waals surface area contributed by atoms with Crippen LogP contribution >= 0.6 is 0 Å². The Morgan fingerprint density at radius 2 is 1.77 bits per heavy atom. The van der Waals surface area contributed by atoms with Crippen LogP contribution in [0.1, 0.15) is 45.7 Å². The number of pyridine rings is 1. The van der Waals surface area contributed by atoms with E-state index >= 15 is 0 Å². The first-order chi connectivity index (χ1) is 10.3. The van der Waals surface area contributed by atoms with Crippen LogP contribution in [0.3, 0.4) is 0 Å². The molecule has 3 nitrogen and oxygen atoms in total. The highest BCUT2D eigenvalue weighted by Gasteiger charge is 2.22. The average Bonchev–Trinajstić information content (AvgIpc) is 2.45. The molecule has 0 bridgehead atoms. The molecule has 4 heteroatoms. The lowest BCUT2D eigenvalue weighted by Crippen LogP contribution is -2.39. The Morgan fingerprint density at radius 1 is 1.18 bits per heavy atom. The quantitative estimate of drug-likeness (QED) is 0.933. The minimum absolute atomic E-state index is 0.0369. The van der Waals surface area contributed by atoms with Gasteiger partial charge in [-0.25, -0.2) is 4.39 Å². The maximum atomic E-state index is 13.1. The number of rotatable bonds is 4. The first-order valence-electron chi connectivity index (χ1n) is 7.56. The van der Waals surface area contributed by atoms with Crippen LogP contribution in [0, 0.1) is 5.82 Å². The third-order valence-corrected chi connectivity index (χ3v) is 3.98. The van der Waals surface area contributed by atoms with Gasteiger partial charge in [0.15, 0.2) is 0 Å². The van der Waals surface area contributed by atoms with Gasteiger partial charge in [0.05, 0.1) is 5.69 Å². The summed E-state index contributed by atoms with van der Waals surface area (Å²) in [4.78, 5) is 12.9. The summed E-state index contributed by atoms with van der Waals surface area (Å²) in [6, 6.07) is 9.90. The average molecular weight is 302 g/mol. The first kappa shape index (κ1) is 16.4. The van der Waals surface area contributed by atoms with E-state index < -0.39 is 5.54 Å². The van der Waals surface area contributed by atoms with Crippen molar-refractivity contribution in [2.75, 3.05) is 0 Å². The number of hydrogen-bond acceptors (Lipinski definition) is 2. The van der Waals surface area contributed by atoms with Crippen LogP contribution in [0.25, 0.3) is 11.3 Å². The highest BCUT2D eigenvalue weighted by atomic mass is 19.1. The molecule has 1 aromatic heterocycles. The Hall–Kier alpha value is -1.94. The van der Waals surface area contributed by atoms with Gasteiger partial charge in [0, 0.05) is 17.1 Å². The molecule has 0 aliphatic carbocycles. The van der Waals surface area contributed by atoms with Crippen LogP contribution in [0.2, 0.25) is 0 Å². The predicted molar refractivity (Wildman–Crippen MR) is 88.3 cm³/mol. The van der Waals surface area contributed by atoms with E-state index in [-0.39, 0.29) is 17.4 Å². The number of hydrogen-bond donors (Lipinski definition) is 1. The molecule has 0 radical (unpaired) electrons. The molecule has 0 saturated heterocycles. The van der Waals surface area contributed by atoms with Crippen molar-refractivity contribution in [2.45, 2.75) is 45.7 Å². The molecule has 0 amide bonds. The van der Waals surface area contributed by atoms with Crippen molar-refractivity contribution < 1.29 is 4.39 Å². The molecule has 22 heavy (non-hydrogen) atoms. The number of aromatic nitrogens is 1. The van der Waals surface area contributed by atoms with Gasteiger partial charge in [0.25, 0.3) is 5.56 Å². The van der Waals surface area contributed by atoms with Crippen molar-refractivity contribution in [3.05, 3.63) is 58.1 Å². The topological polar surface area (TPSA) is 48.0 Å². The summed E-state index contributed by atoms with van der Waals surface area (Å²) in [7, 11) is 0. The second kappa shape index (κ2) is 6.05. The fraction of sp³-hybridized carbons (Fsp3) is 0.389. The minimum Gasteiger partial charge on any atom is -0.322 e. The largest absolute Gasteiger partial charge is 0.322 e. The molecule has 1 heterocycles. The highest BCUT2D eigenvalue weighted by Crippen LogP contribution is 2.25. The monoisotopic (exact) mass is 302 g/mol. The molecule has 0 aliphatic heterocycles. The Bertz CT molecular complexity index is 711. The molecule has 0 spiro atoms. The van der Waals surface area contributed by atoms with Gasteiger partial charge in [-0.2, -0.15) is 0 Å². The van der Waals surface area contributed by atoms with Gasteiger partial charge in [-0.05, 0) is 69.2 Å². The summed E-state index contributed by atoms with van der Waals surface area (Å²) < 4.78 is 14.9. The van der Waals surface area contributed by atoms with E-state index in [1.54, 1.807) is 22.8 Å². The van der Waals surface area contributed by atoms with E-state index in [1.807, 2.05) is 33.8 Å². The van der Waals surface area contributed by atoms with Crippen molar-refractivity contribution >= 4 is 0 Å². The molecule has 118 valence electrons. The van der Waals surface area contributed by atoms with E-state index in [1.165, 1.54) is 12.1 Å². The van der Waals surface area contributed by atoms with Crippen molar-refractivity contribution in [2.24, 2.45) is 5.73 Å². The fourth-order valence-electron chi connectivity index (χ4n) is 2.52. The van der Waals surface area contributed by atoms with Gasteiger partial charge in [-0.3, -0.25) is 4.79 Å². The summed E-state index contributed by atoms with van der Waals surface area (Å²) in [5.74, 6) is -0.291. The van der Waals surface area contributed by atoms with E-state index in [9.17, 15) is 9.18 Å². The van der Waals surface area contributed by atoms with Crippen molar-refractivity contribution in [1.82, 2.24) is 4.57 Å². The van der Waals surface area contributed by atoms with E-state index in [4.69, 9.17) is 5.73 Å². The zero-order valence-electron chi connectivity index (χ0n) is 13.6. The Labute approximate surface area is 130 Å². The lowest BCUT2D eigenvalue weighted by atomic mass is 9.95. The smallest absolute Gasteiger partial charge is 0.256 e. The van der Waals surface area contributed by atoms with Crippen molar-refractivity contribution in [3.63, 3.8) is 0 Å². The third kappa shape index (κ3) is 3.12. The summed E-state index contributed by atoms with van der Waals surface area (Å²) in [5, 5.41) is 0. The lowest BCUT2D eigenvalue weighted by Gasteiger charge is -2.24. The molecule has 2 N–H and O–H groups in total. The third-order valence-electron chi connectivity index (χ3n) is 3.98. The molecular weight excluding hydrogens is 279 g/mol. The van der Waals surface area contributed by atoms with Crippen LogP contribution in [-0.4, -0.2) is 4.57 Å². The molecule has 1 aromatic carbocycles. The Morgan fingerprint density at radius 3 is 2.27 bits per heavy atom. The zero-order valence-corrected chi connectivity index (χ0v) is 13.6. The summed E-state index contributed by atoms with van der Waals surface area (Å²) >= 11 is 0. The second-order valence-corrected chi connectivity index (χ2v) is 6.29. The molecule has 2 rings (SSSR count). The number of nitrogens with zero attached hydrogens (tertiary/aromatic N) is 1. The van der Waals surface area contributed by atoms with Gasteiger partial charge in [0.1, 0.15) is 5.82 Å². The summed E-state index contributed by atoms with van der Waals surface area (Å²) in [6.07, 6.45) is 0.822. The van der Waals surface area contributed by atoms with Crippen molar-refractivity contribution in [3.8, 4) is 11.3 Å². The zero-order chi connectivity index (χ0) is 16.5. The second-order valence-electron chi connectivity index (χ2n) is 6.29. The van der Waals surface area contributed by atoms with Crippen molar-refractivity contribution in [1.29, 1.82) is 0 Å². The first-order valence-corrected chi connectivity index (χ1v) is 7.56. The van der Waals surface area contributed by atoms with Gasteiger partial charge >= 0.3 is 0 Å². The maximum absolute atomic E-state index is 13.1. The maximum Gasteiger partial charge on any atom is 0.256 e. The SMILES string of the molecule is CCC(C)n1c(-c2ccc(F)cc2)ccc(C(C)(C)N)c1=O. The van der Waals surface area contributed by atoms with Crippen LogP contribution in [-0.2, 0) is 5.54 Å². The lowest BCUT2D eigenvalue weighted by molar-refractivity contribution is 0.490. The molecular formula is C18H23FN2O. The molecule has 0 saturated carbocycles. The summed E-state index contributed by atoms with van der Waals surface area (Å²) in [5.41, 5.74) is 7.52. The van der Waals surface area contributed by atoms with Gasteiger partial charge in [-0.1, -0.05) is 6.92 Å². The van der Waals surface area contributed by atoms with Crippen LogP contribution in [0.5, 0.6) is 0 Å². The van der Waals surface area contributed by atoms with Crippen LogP contribution in [0.15, 0.2) is 41.2 Å². The molecule has 0 fully saturated rings. The Kier molecular flexibility index (Phi) is 4.52. The minimum atomic E-state index is -0.701. The Balaban J connectivity index is 2.72. The predicted octanol–water partition coefficient (Wildman–Crippen LogP) is 3.82. The van der Waals surface area contributed by atoms with Gasteiger partial charge in [0.2, 0.25) is 0 Å². The van der Waals surface area contributed by atoms with E-state index in [2.05, 4.69) is 0 Å². The van der Waals surface area contributed by atoms with E-state index in [0.29, 0.717) is 5.56 Å². The van der Waals surface area contributed by atoms with Gasteiger partial charge < -0.3 is 10.3 Å².